The fraction of sp³-hybridized carbons (Fsp3) is 0.320. The molecular formula is C25H26N4O3. The van der Waals surface area contributed by atoms with E-state index in [-0.39, 0.29) is 29.5 Å². The Bertz CT molecular complexity index is 1150. The Morgan fingerprint density at radius 2 is 1.81 bits per heavy atom. The summed E-state index contributed by atoms with van der Waals surface area (Å²) >= 11 is 0. The van der Waals surface area contributed by atoms with Crippen LogP contribution in [0.3, 0.4) is 0 Å². The van der Waals surface area contributed by atoms with Crippen LogP contribution in [0.4, 0.5) is 10.5 Å². The largest absolute Gasteiger partial charge is 0.507 e. The lowest BCUT2D eigenvalue weighted by atomic mass is 9.82. The Labute approximate surface area is 186 Å². The first-order valence-electron chi connectivity index (χ1n) is 11.1. The monoisotopic (exact) mass is 430 g/mol. The van der Waals surface area contributed by atoms with Gasteiger partial charge in [-0.3, -0.25) is 4.79 Å². The third kappa shape index (κ3) is 4.23. The first kappa shape index (κ1) is 20.3. The molecule has 3 N–H and O–H groups in total. The average Bonchev–Trinajstić information content (AvgIpc) is 3.53. The number of hydrogen-bond acceptors (Lipinski definition) is 4. The molecule has 2 aromatic carbocycles. The van der Waals surface area contributed by atoms with Crippen molar-refractivity contribution >= 4 is 17.6 Å². The van der Waals surface area contributed by atoms with Crippen LogP contribution >= 0.6 is 0 Å². The van der Waals surface area contributed by atoms with Gasteiger partial charge in [-0.2, -0.15) is 9.78 Å². The molecule has 1 heterocycles. The summed E-state index contributed by atoms with van der Waals surface area (Å²) in [5, 5.41) is 20.9. The number of nitrogens with one attached hydrogen (secondary N) is 2. The highest BCUT2D eigenvalue weighted by molar-refractivity contribution is 5.95. The maximum absolute atomic E-state index is 13.0. The number of carbonyl (C=O) groups excluding carboxylic acids is 2. The normalized spacial score (nSPS) is 15.8. The maximum Gasteiger partial charge on any atom is 0.342 e. The first-order valence-corrected chi connectivity index (χ1v) is 11.1. The van der Waals surface area contributed by atoms with E-state index >= 15 is 0 Å². The molecule has 1 aromatic heterocycles. The lowest BCUT2D eigenvalue weighted by Gasteiger charge is -2.25. The van der Waals surface area contributed by atoms with E-state index in [4.69, 9.17) is 0 Å². The van der Waals surface area contributed by atoms with E-state index in [1.165, 1.54) is 4.68 Å². The molecule has 0 spiro atoms. The van der Waals surface area contributed by atoms with Crippen molar-refractivity contribution in [2.45, 2.75) is 44.6 Å². The van der Waals surface area contributed by atoms with Gasteiger partial charge in [0.2, 0.25) is 5.91 Å². The lowest BCUT2D eigenvalue weighted by molar-refractivity contribution is -0.117. The molecule has 2 aliphatic carbocycles. The molecule has 2 aliphatic rings. The van der Waals surface area contributed by atoms with Crippen LogP contribution in [-0.2, 0) is 11.3 Å². The highest BCUT2D eigenvalue weighted by Gasteiger charge is 2.30. The van der Waals surface area contributed by atoms with E-state index < -0.39 is 0 Å². The predicted octanol–water partition coefficient (Wildman–Crippen LogP) is 4.63. The predicted molar refractivity (Wildman–Crippen MR) is 121 cm³/mol. The Balaban J connectivity index is 1.41. The zero-order valence-electron chi connectivity index (χ0n) is 17.8. The SMILES string of the molecule is O=C(Nc1ccc(O)c(-c2cc(C3CCC3)n(C(=O)NCc3ccccc3)n2)c1)C1CC1. The van der Waals surface area contributed by atoms with E-state index in [2.05, 4.69) is 15.7 Å². The van der Waals surface area contributed by atoms with Gasteiger partial charge in [-0.15, -0.1) is 0 Å². The van der Waals surface area contributed by atoms with Crippen molar-refractivity contribution < 1.29 is 14.7 Å². The van der Waals surface area contributed by atoms with Gasteiger partial charge < -0.3 is 15.7 Å². The number of nitrogens with zero attached hydrogens (tertiary/aromatic N) is 2. The summed E-state index contributed by atoms with van der Waals surface area (Å²) in [6.45, 7) is 0.410. The quantitative estimate of drug-likeness (QED) is 0.497. The molecule has 2 saturated carbocycles. The van der Waals surface area contributed by atoms with Gasteiger partial charge in [0.05, 0.1) is 11.4 Å². The third-order valence-electron chi connectivity index (χ3n) is 6.23. The van der Waals surface area contributed by atoms with E-state index in [0.717, 1.165) is 43.4 Å². The minimum atomic E-state index is -0.292. The summed E-state index contributed by atoms with van der Waals surface area (Å²) < 4.78 is 1.43. The summed E-state index contributed by atoms with van der Waals surface area (Å²) in [6.07, 6.45) is 5.00. The Kier molecular flexibility index (Phi) is 5.39. The van der Waals surface area contributed by atoms with Crippen LogP contribution in [0.5, 0.6) is 5.75 Å². The fourth-order valence-corrected chi connectivity index (χ4v) is 3.94. The number of aromatic nitrogens is 2. The second-order valence-corrected chi connectivity index (χ2v) is 8.63. The van der Waals surface area contributed by atoms with Gasteiger partial charge in [0.15, 0.2) is 0 Å². The number of hydrogen-bond donors (Lipinski definition) is 3. The van der Waals surface area contributed by atoms with Crippen LogP contribution in [-0.4, -0.2) is 26.8 Å². The van der Waals surface area contributed by atoms with Crippen molar-refractivity contribution in [1.82, 2.24) is 15.1 Å². The topological polar surface area (TPSA) is 96.2 Å². The van der Waals surface area contributed by atoms with Crippen LogP contribution in [0.1, 0.15) is 49.3 Å². The second kappa shape index (κ2) is 8.49. The molecule has 32 heavy (non-hydrogen) atoms. The van der Waals surface area contributed by atoms with Crippen molar-refractivity contribution in [3.8, 4) is 17.0 Å². The van der Waals surface area contributed by atoms with Crippen LogP contribution in [0.15, 0.2) is 54.6 Å². The molecule has 164 valence electrons. The summed E-state index contributed by atoms with van der Waals surface area (Å²) in [4.78, 5) is 25.1. The highest BCUT2D eigenvalue weighted by Crippen LogP contribution is 2.39. The van der Waals surface area contributed by atoms with Gasteiger partial charge in [-0.1, -0.05) is 36.8 Å². The standard InChI is InChI=1S/C25H26N4O3/c30-23-12-11-19(27-24(31)18-9-10-18)13-20(23)21-14-22(17-7-4-8-17)29(28-21)25(32)26-15-16-5-2-1-3-6-16/h1-3,5-6,11-14,17-18,30H,4,7-10,15H2,(H,26,32)(H,27,31). The van der Waals surface area contributed by atoms with Crippen LogP contribution in [0.25, 0.3) is 11.3 Å². The van der Waals surface area contributed by atoms with Gasteiger partial charge in [-0.25, -0.2) is 4.79 Å². The van der Waals surface area contributed by atoms with Crippen LogP contribution < -0.4 is 10.6 Å². The van der Waals surface area contributed by atoms with Gasteiger partial charge in [0.25, 0.3) is 0 Å². The zero-order chi connectivity index (χ0) is 22.1. The molecule has 0 atom stereocenters. The first-order chi connectivity index (χ1) is 15.6. The van der Waals surface area contributed by atoms with Gasteiger partial charge in [-0.05, 0) is 55.5 Å². The number of rotatable bonds is 6. The zero-order valence-corrected chi connectivity index (χ0v) is 17.8. The van der Waals surface area contributed by atoms with Crippen LogP contribution in [0.2, 0.25) is 0 Å². The van der Waals surface area contributed by atoms with E-state index in [0.29, 0.717) is 23.5 Å². The molecule has 0 unspecified atom stereocenters. The van der Waals surface area contributed by atoms with E-state index in [1.54, 1.807) is 18.2 Å². The second-order valence-electron chi connectivity index (χ2n) is 8.63. The average molecular weight is 431 g/mol. The Morgan fingerprint density at radius 3 is 2.50 bits per heavy atom. The summed E-state index contributed by atoms with van der Waals surface area (Å²) in [5.41, 5.74) is 3.48. The number of benzene rings is 2. The molecule has 0 aliphatic heterocycles. The molecular weight excluding hydrogens is 404 g/mol. The minimum absolute atomic E-state index is 0.00242. The van der Waals surface area contributed by atoms with E-state index in [1.807, 2.05) is 36.4 Å². The number of amides is 2. The number of phenols is 1. The third-order valence-corrected chi connectivity index (χ3v) is 6.23. The molecule has 5 rings (SSSR count). The number of phenolic OH excluding ortho intramolecular Hbond substituents is 1. The molecule has 0 bridgehead atoms. The van der Waals surface area contributed by atoms with Crippen molar-refractivity contribution in [3.05, 3.63) is 65.9 Å². The summed E-state index contributed by atoms with van der Waals surface area (Å²) in [7, 11) is 0. The number of aromatic hydroxyl groups is 1. The molecule has 0 radical (unpaired) electrons. The van der Waals surface area contributed by atoms with Crippen molar-refractivity contribution in [2.75, 3.05) is 5.32 Å². The number of carbonyl (C=O) groups is 2. The molecule has 0 saturated heterocycles. The summed E-state index contributed by atoms with van der Waals surface area (Å²) in [5.74, 6) is 0.426. The molecule has 3 aromatic rings. The highest BCUT2D eigenvalue weighted by atomic mass is 16.3. The van der Waals surface area contributed by atoms with Crippen molar-refractivity contribution in [2.24, 2.45) is 5.92 Å². The molecule has 7 nitrogen and oxygen atoms in total. The Morgan fingerprint density at radius 1 is 1.03 bits per heavy atom. The Hall–Kier alpha value is -3.61. The van der Waals surface area contributed by atoms with Crippen LogP contribution in [0, 0.1) is 5.92 Å². The van der Waals surface area contributed by atoms with Crippen molar-refractivity contribution in [3.63, 3.8) is 0 Å². The van der Waals surface area contributed by atoms with Gasteiger partial charge in [0, 0.05) is 29.6 Å². The van der Waals surface area contributed by atoms with Crippen molar-refractivity contribution in [1.29, 1.82) is 0 Å². The minimum Gasteiger partial charge on any atom is -0.507 e. The summed E-state index contributed by atoms with van der Waals surface area (Å²) in [6, 6.07) is 16.3. The van der Waals surface area contributed by atoms with E-state index in [9.17, 15) is 14.7 Å². The molecule has 2 amide bonds. The van der Waals surface area contributed by atoms with Gasteiger partial charge in [0.1, 0.15) is 5.75 Å². The number of anilines is 1. The smallest absolute Gasteiger partial charge is 0.342 e. The molecule has 2 fully saturated rings. The van der Waals surface area contributed by atoms with Gasteiger partial charge >= 0.3 is 6.03 Å². The molecule has 7 heteroatoms. The fourth-order valence-electron chi connectivity index (χ4n) is 3.94. The maximum atomic E-state index is 13.0. The lowest BCUT2D eigenvalue weighted by Crippen LogP contribution is -2.31.